The quantitative estimate of drug-likeness (QED) is 0.557. The molecule has 2 fully saturated rings. The molecule has 2 aliphatic heterocycles. The molecular weight excluding hydrogens is 412 g/mol. The number of amides is 1. The molecule has 0 saturated carbocycles. The van der Waals surface area contributed by atoms with Crippen LogP contribution in [0, 0.1) is 13.8 Å². The molecule has 2 aromatic rings. The summed E-state index contributed by atoms with van der Waals surface area (Å²) in [6.45, 7) is 8.62. The molecule has 5 heteroatoms. The van der Waals surface area contributed by atoms with E-state index in [1.165, 1.54) is 35.1 Å². The summed E-state index contributed by atoms with van der Waals surface area (Å²) < 4.78 is 11.0. The molecule has 2 atom stereocenters. The molecule has 2 saturated heterocycles. The maximum atomic E-state index is 12.8. The van der Waals surface area contributed by atoms with E-state index in [2.05, 4.69) is 55.3 Å². The third-order valence-corrected chi connectivity index (χ3v) is 7.59. The van der Waals surface area contributed by atoms with Crippen molar-refractivity contribution in [3.63, 3.8) is 0 Å². The van der Waals surface area contributed by atoms with Crippen LogP contribution >= 0.6 is 0 Å². The molecule has 2 heterocycles. The topological polar surface area (TPSA) is 50.8 Å². The van der Waals surface area contributed by atoms with Gasteiger partial charge in [-0.25, -0.2) is 0 Å². The lowest BCUT2D eigenvalue weighted by Gasteiger charge is -2.39. The lowest BCUT2D eigenvalue weighted by atomic mass is 9.94. The summed E-state index contributed by atoms with van der Waals surface area (Å²) in [5.74, 6) is 1.01. The van der Waals surface area contributed by atoms with Crippen molar-refractivity contribution in [1.29, 1.82) is 0 Å². The number of methoxy groups -OCH3 is 1. The van der Waals surface area contributed by atoms with Crippen LogP contribution in [0.3, 0.4) is 0 Å². The Bertz CT molecular complexity index is 942. The summed E-state index contributed by atoms with van der Waals surface area (Å²) >= 11 is 0. The van der Waals surface area contributed by atoms with Crippen molar-refractivity contribution >= 4 is 5.91 Å². The highest BCUT2D eigenvalue weighted by atomic mass is 16.5. The zero-order chi connectivity index (χ0) is 23.4. The Morgan fingerprint density at radius 2 is 1.70 bits per heavy atom. The second kappa shape index (κ2) is 10.7. The number of carbonyl (C=O) groups excluding carboxylic acids is 1. The number of carbonyl (C=O) groups is 1. The number of fused-ring (bicyclic) bond motifs is 2. The van der Waals surface area contributed by atoms with E-state index in [1.54, 1.807) is 7.11 Å². The fraction of sp³-hybridized carbons (Fsp3) is 0.536. The van der Waals surface area contributed by atoms with Crippen LogP contribution in [0.25, 0.3) is 0 Å². The highest BCUT2D eigenvalue weighted by Gasteiger charge is 2.41. The highest BCUT2D eigenvalue weighted by molar-refractivity contribution is 5.94. The van der Waals surface area contributed by atoms with E-state index in [0.29, 0.717) is 25.3 Å². The number of piperidine rings is 1. The van der Waals surface area contributed by atoms with Gasteiger partial charge in [-0.2, -0.15) is 0 Å². The molecule has 0 aliphatic carbocycles. The third-order valence-electron chi connectivity index (χ3n) is 7.59. The molecule has 4 rings (SSSR count). The van der Waals surface area contributed by atoms with E-state index in [4.69, 9.17) is 9.47 Å². The summed E-state index contributed by atoms with van der Waals surface area (Å²) in [7, 11) is 1.69. The van der Waals surface area contributed by atoms with Crippen molar-refractivity contribution in [1.82, 2.24) is 10.2 Å². The second-order valence-corrected chi connectivity index (χ2v) is 9.56. The van der Waals surface area contributed by atoms with Crippen molar-refractivity contribution in [3.05, 3.63) is 64.2 Å². The minimum Gasteiger partial charge on any atom is -0.491 e. The van der Waals surface area contributed by atoms with E-state index in [0.717, 1.165) is 37.1 Å². The Hall–Kier alpha value is -2.37. The Kier molecular flexibility index (Phi) is 7.71. The van der Waals surface area contributed by atoms with Gasteiger partial charge in [0.2, 0.25) is 0 Å². The number of aryl methyl sites for hydroxylation is 1. The first-order chi connectivity index (χ1) is 16.0. The van der Waals surface area contributed by atoms with Gasteiger partial charge in [0.15, 0.2) is 0 Å². The lowest BCUT2D eigenvalue weighted by molar-refractivity contribution is 0.0827. The Labute approximate surface area is 198 Å². The van der Waals surface area contributed by atoms with E-state index < -0.39 is 0 Å². The number of nitrogens with zero attached hydrogens (tertiary/aromatic N) is 1. The second-order valence-electron chi connectivity index (χ2n) is 9.56. The Morgan fingerprint density at radius 3 is 2.33 bits per heavy atom. The average molecular weight is 451 g/mol. The predicted molar refractivity (Wildman–Crippen MR) is 132 cm³/mol. The highest BCUT2D eigenvalue weighted by Crippen LogP contribution is 2.38. The van der Waals surface area contributed by atoms with Crippen LogP contribution in [0.5, 0.6) is 5.75 Å². The van der Waals surface area contributed by atoms with Crippen molar-refractivity contribution in [3.8, 4) is 5.75 Å². The predicted octanol–water partition coefficient (Wildman–Crippen LogP) is 4.82. The minimum atomic E-state index is 0.0611. The number of rotatable bonds is 9. The van der Waals surface area contributed by atoms with Crippen LogP contribution in [0.15, 0.2) is 36.4 Å². The summed E-state index contributed by atoms with van der Waals surface area (Å²) in [6, 6.07) is 13.7. The maximum Gasteiger partial charge on any atom is 0.251 e. The first-order valence-corrected chi connectivity index (χ1v) is 12.4. The molecule has 2 bridgehead atoms. The molecule has 5 nitrogen and oxygen atoms in total. The molecule has 1 amide bonds. The van der Waals surface area contributed by atoms with Gasteiger partial charge in [0.25, 0.3) is 5.91 Å². The maximum absolute atomic E-state index is 12.8. The summed E-state index contributed by atoms with van der Waals surface area (Å²) in [5, 5.41) is 3.32. The van der Waals surface area contributed by atoms with Crippen LogP contribution in [0.1, 0.15) is 65.2 Å². The smallest absolute Gasteiger partial charge is 0.251 e. The van der Waals surface area contributed by atoms with E-state index in [1.807, 2.05) is 12.1 Å². The molecule has 178 valence electrons. The fourth-order valence-electron chi connectivity index (χ4n) is 5.42. The Morgan fingerprint density at radius 1 is 1.00 bits per heavy atom. The molecule has 2 aliphatic rings. The average Bonchev–Trinajstić information content (AvgIpc) is 3.05. The minimum absolute atomic E-state index is 0.0611. The van der Waals surface area contributed by atoms with Gasteiger partial charge < -0.3 is 14.8 Å². The largest absolute Gasteiger partial charge is 0.491 e. The van der Waals surface area contributed by atoms with E-state index in [9.17, 15) is 4.79 Å². The van der Waals surface area contributed by atoms with Crippen molar-refractivity contribution < 1.29 is 14.3 Å². The van der Waals surface area contributed by atoms with Crippen molar-refractivity contribution in [2.45, 2.75) is 77.5 Å². The van der Waals surface area contributed by atoms with Gasteiger partial charge in [0.05, 0.1) is 6.61 Å². The van der Waals surface area contributed by atoms with Gasteiger partial charge >= 0.3 is 0 Å². The monoisotopic (exact) mass is 450 g/mol. The SMILES string of the molecule is CCc1ccc(C(=O)NC2CC3CCC(C2)N3Cc2ccc(OCCOC)c(C)c2C)cc1. The number of hydrogen-bond donors (Lipinski definition) is 1. The summed E-state index contributed by atoms with van der Waals surface area (Å²) in [6.07, 6.45) is 5.50. The first-order valence-electron chi connectivity index (χ1n) is 12.4. The third kappa shape index (κ3) is 5.42. The van der Waals surface area contributed by atoms with Crippen LogP contribution < -0.4 is 10.1 Å². The van der Waals surface area contributed by atoms with Crippen molar-refractivity contribution in [2.75, 3.05) is 20.3 Å². The van der Waals surface area contributed by atoms with E-state index >= 15 is 0 Å². The van der Waals surface area contributed by atoms with Crippen LogP contribution in [0.2, 0.25) is 0 Å². The number of hydrogen-bond acceptors (Lipinski definition) is 4. The van der Waals surface area contributed by atoms with Gasteiger partial charge in [-0.15, -0.1) is 0 Å². The van der Waals surface area contributed by atoms with Gasteiger partial charge in [-0.3, -0.25) is 9.69 Å². The van der Waals surface area contributed by atoms with Gasteiger partial charge in [0.1, 0.15) is 12.4 Å². The van der Waals surface area contributed by atoms with Gasteiger partial charge in [0, 0.05) is 37.3 Å². The molecule has 0 radical (unpaired) electrons. The van der Waals surface area contributed by atoms with E-state index in [-0.39, 0.29) is 11.9 Å². The zero-order valence-corrected chi connectivity index (χ0v) is 20.5. The molecule has 1 N–H and O–H groups in total. The molecular formula is C28H38N2O3. The standard InChI is InChI=1S/C28H38N2O3/c1-5-21-6-8-22(9-7-21)28(31)29-24-16-25-11-12-26(17-24)30(25)18-23-10-13-27(20(3)19(23)2)33-15-14-32-4/h6-10,13,24-26H,5,11-12,14-18H2,1-4H3,(H,29,31). The zero-order valence-electron chi connectivity index (χ0n) is 20.5. The molecule has 0 spiro atoms. The fourth-order valence-corrected chi connectivity index (χ4v) is 5.42. The number of ether oxygens (including phenoxy) is 2. The Balaban J connectivity index is 1.36. The molecule has 2 unspecified atom stereocenters. The first kappa shape index (κ1) is 23.8. The van der Waals surface area contributed by atoms with Crippen LogP contribution in [-0.2, 0) is 17.7 Å². The van der Waals surface area contributed by atoms with Gasteiger partial charge in [-0.05, 0) is 86.4 Å². The summed E-state index contributed by atoms with van der Waals surface area (Å²) in [5.41, 5.74) is 5.93. The summed E-state index contributed by atoms with van der Waals surface area (Å²) in [4.78, 5) is 15.5. The normalized spacial score (nSPS) is 22.4. The van der Waals surface area contributed by atoms with Crippen LogP contribution in [-0.4, -0.2) is 49.3 Å². The lowest BCUT2D eigenvalue weighted by Crippen LogP contribution is -2.50. The number of benzene rings is 2. The van der Waals surface area contributed by atoms with Crippen molar-refractivity contribution in [2.24, 2.45) is 0 Å². The molecule has 2 aromatic carbocycles. The van der Waals surface area contributed by atoms with Crippen LogP contribution in [0.4, 0.5) is 0 Å². The molecule has 0 aromatic heterocycles. The molecule has 33 heavy (non-hydrogen) atoms. The van der Waals surface area contributed by atoms with Gasteiger partial charge in [-0.1, -0.05) is 25.1 Å². The number of nitrogens with one attached hydrogen (secondary N) is 1.